The fourth-order valence-electron chi connectivity index (χ4n) is 1.32. The molecule has 0 aliphatic carbocycles. The lowest BCUT2D eigenvalue weighted by molar-refractivity contribution is -0.159. The first-order chi connectivity index (χ1) is 6.78. The van der Waals surface area contributed by atoms with Crippen LogP contribution in [0.1, 0.15) is 26.2 Å². The van der Waals surface area contributed by atoms with Crippen LogP contribution in [0.4, 0.5) is 13.2 Å². The third-order valence-electron chi connectivity index (χ3n) is 2.08. The van der Waals surface area contributed by atoms with E-state index in [1.807, 2.05) is 6.92 Å². The van der Waals surface area contributed by atoms with Crippen molar-refractivity contribution >= 4 is 5.97 Å². The van der Waals surface area contributed by atoms with E-state index in [-0.39, 0.29) is 6.42 Å². The zero-order chi connectivity index (χ0) is 12.1. The molecule has 1 N–H and O–H groups in total. The van der Waals surface area contributed by atoms with E-state index in [4.69, 9.17) is 5.11 Å². The number of rotatable bonds is 6. The zero-order valence-corrected chi connectivity index (χ0v) is 8.84. The summed E-state index contributed by atoms with van der Waals surface area (Å²) >= 11 is 0. The second kappa shape index (κ2) is 5.95. The maximum Gasteiger partial charge on any atom is 0.401 e. The van der Waals surface area contributed by atoms with Gasteiger partial charge in [0.15, 0.2) is 0 Å². The SMILES string of the molecule is CCCCC(C(=O)O)N(C)CC(F)(F)F. The van der Waals surface area contributed by atoms with E-state index in [2.05, 4.69) is 0 Å². The van der Waals surface area contributed by atoms with Gasteiger partial charge in [0.1, 0.15) is 6.04 Å². The molecule has 0 amide bonds. The highest BCUT2D eigenvalue weighted by Gasteiger charge is 2.34. The maximum atomic E-state index is 12.0. The van der Waals surface area contributed by atoms with Crippen LogP contribution < -0.4 is 0 Å². The summed E-state index contributed by atoms with van der Waals surface area (Å²) in [5.41, 5.74) is 0. The third kappa shape index (κ3) is 6.33. The lowest BCUT2D eigenvalue weighted by Gasteiger charge is -2.25. The molecule has 0 aromatic heterocycles. The van der Waals surface area contributed by atoms with Gasteiger partial charge in [-0.25, -0.2) is 0 Å². The van der Waals surface area contributed by atoms with Crippen molar-refractivity contribution in [1.82, 2.24) is 4.90 Å². The van der Waals surface area contributed by atoms with Gasteiger partial charge in [-0.05, 0) is 13.5 Å². The van der Waals surface area contributed by atoms with Crippen LogP contribution in [-0.2, 0) is 4.79 Å². The fraction of sp³-hybridized carbons (Fsp3) is 0.889. The Bertz CT molecular complexity index is 206. The molecule has 3 nitrogen and oxygen atoms in total. The highest BCUT2D eigenvalue weighted by atomic mass is 19.4. The number of alkyl halides is 3. The number of carboxylic acid groups (broad SMARTS) is 1. The molecule has 0 fully saturated rings. The van der Waals surface area contributed by atoms with Crippen LogP contribution in [0.3, 0.4) is 0 Å². The number of nitrogens with zero attached hydrogens (tertiary/aromatic N) is 1. The van der Waals surface area contributed by atoms with Gasteiger partial charge in [-0.3, -0.25) is 9.69 Å². The predicted octanol–water partition coefficient (Wildman–Crippen LogP) is 2.12. The van der Waals surface area contributed by atoms with Crippen LogP contribution in [0.25, 0.3) is 0 Å². The summed E-state index contributed by atoms with van der Waals surface area (Å²) in [7, 11) is 1.18. The number of halogens is 3. The summed E-state index contributed by atoms with van der Waals surface area (Å²) < 4.78 is 36.1. The van der Waals surface area contributed by atoms with Crippen molar-refractivity contribution in [3.8, 4) is 0 Å². The molecule has 0 spiro atoms. The van der Waals surface area contributed by atoms with Crippen LogP contribution in [0, 0.1) is 0 Å². The van der Waals surface area contributed by atoms with E-state index in [0.29, 0.717) is 6.42 Å². The Labute approximate surface area is 86.9 Å². The molecule has 1 unspecified atom stereocenters. The molecule has 0 saturated carbocycles. The summed E-state index contributed by atoms with van der Waals surface area (Å²) in [6.07, 6.45) is -2.73. The normalized spacial score (nSPS) is 14.3. The predicted molar refractivity (Wildman–Crippen MR) is 49.6 cm³/mol. The van der Waals surface area contributed by atoms with E-state index < -0.39 is 24.7 Å². The number of hydrogen-bond donors (Lipinski definition) is 1. The van der Waals surface area contributed by atoms with Gasteiger partial charge in [-0.1, -0.05) is 19.8 Å². The fourth-order valence-corrected chi connectivity index (χ4v) is 1.32. The molecular weight excluding hydrogens is 211 g/mol. The van der Waals surface area contributed by atoms with E-state index >= 15 is 0 Å². The number of likely N-dealkylation sites (N-methyl/N-ethyl adjacent to an activating group) is 1. The molecule has 0 saturated heterocycles. The molecule has 0 aromatic carbocycles. The minimum atomic E-state index is -4.35. The van der Waals surface area contributed by atoms with Crippen LogP contribution in [0.2, 0.25) is 0 Å². The van der Waals surface area contributed by atoms with Crippen LogP contribution in [0.5, 0.6) is 0 Å². The molecule has 0 rings (SSSR count). The van der Waals surface area contributed by atoms with Crippen LogP contribution >= 0.6 is 0 Å². The van der Waals surface area contributed by atoms with Crippen molar-refractivity contribution in [1.29, 1.82) is 0 Å². The zero-order valence-electron chi connectivity index (χ0n) is 8.84. The summed E-state index contributed by atoms with van der Waals surface area (Å²) in [6.45, 7) is 0.677. The Morgan fingerprint density at radius 3 is 2.33 bits per heavy atom. The lowest BCUT2D eigenvalue weighted by Crippen LogP contribution is -2.43. The molecule has 0 aliphatic rings. The first-order valence-corrected chi connectivity index (χ1v) is 4.77. The maximum absolute atomic E-state index is 12.0. The van der Waals surface area contributed by atoms with Gasteiger partial charge in [0.05, 0.1) is 6.54 Å². The van der Waals surface area contributed by atoms with Gasteiger partial charge in [0.25, 0.3) is 0 Å². The van der Waals surface area contributed by atoms with E-state index in [9.17, 15) is 18.0 Å². The summed E-state index contributed by atoms with van der Waals surface area (Å²) in [6, 6.07) is -1.05. The van der Waals surface area contributed by atoms with Crippen LogP contribution in [-0.4, -0.2) is 41.8 Å². The monoisotopic (exact) mass is 227 g/mol. The molecule has 0 aromatic rings. The van der Waals surface area contributed by atoms with Gasteiger partial charge in [0, 0.05) is 0 Å². The van der Waals surface area contributed by atoms with Crippen molar-refractivity contribution in [2.24, 2.45) is 0 Å². The largest absolute Gasteiger partial charge is 0.480 e. The van der Waals surface area contributed by atoms with Crippen LogP contribution in [0.15, 0.2) is 0 Å². The number of carboxylic acids is 1. The van der Waals surface area contributed by atoms with E-state index in [1.165, 1.54) is 7.05 Å². The standard InChI is InChI=1S/C9H16F3NO2/c1-3-4-5-7(8(14)15)13(2)6-9(10,11)12/h7H,3-6H2,1-2H3,(H,14,15). The number of unbranched alkanes of at least 4 members (excludes halogenated alkanes) is 1. The average molecular weight is 227 g/mol. The van der Waals surface area contributed by atoms with Gasteiger partial charge in [-0.2, -0.15) is 13.2 Å². The Kier molecular flexibility index (Phi) is 5.64. The lowest BCUT2D eigenvalue weighted by atomic mass is 10.1. The van der Waals surface area contributed by atoms with Gasteiger partial charge >= 0.3 is 12.1 Å². The van der Waals surface area contributed by atoms with E-state index in [1.54, 1.807) is 0 Å². The molecule has 15 heavy (non-hydrogen) atoms. The van der Waals surface area contributed by atoms with Gasteiger partial charge < -0.3 is 5.11 Å². The quantitative estimate of drug-likeness (QED) is 0.755. The third-order valence-corrected chi connectivity index (χ3v) is 2.08. The average Bonchev–Trinajstić information content (AvgIpc) is 2.00. The summed E-state index contributed by atoms with van der Waals surface area (Å²) in [4.78, 5) is 11.6. The highest BCUT2D eigenvalue weighted by Crippen LogP contribution is 2.18. The Morgan fingerprint density at radius 2 is 2.00 bits per heavy atom. The minimum Gasteiger partial charge on any atom is -0.480 e. The smallest absolute Gasteiger partial charge is 0.401 e. The molecule has 0 bridgehead atoms. The second-order valence-electron chi connectivity index (χ2n) is 3.53. The number of hydrogen-bond acceptors (Lipinski definition) is 2. The van der Waals surface area contributed by atoms with E-state index in [0.717, 1.165) is 11.3 Å². The number of carbonyl (C=O) groups is 1. The van der Waals surface area contributed by atoms with Crippen molar-refractivity contribution in [2.75, 3.05) is 13.6 Å². The molecule has 1 atom stereocenters. The molecular formula is C9H16F3NO2. The summed E-state index contributed by atoms with van der Waals surface area (Å²) in [5, 5.41) is 8.76. The summed E-state index contributed by atoms with van der Waals surface area (Å²) in [5.74, 6) is -1.20. The minimum absolute atomic E-state index is 0.248. The first-order valence-electron chi connectivity index (χ1n) is 4.77. The highest BCUT2D eigenvalue weighted by molar-refractivity contribution is 5.73. The van der Waals surface area contributed by atoms with Crippen molar-refractivity contribution in [2.45, 2.75) is 38.4 Å². The molecule has 0 heterocycles. The Hall–Kier alpha value is -0.780. The molecule has 6 heteroatoms. The van der Waals surface area contributed by atoms with Gasteiger partial charge in [-0.15, -0.1) is 0 Å². The molecule has 90 valence electrons. The topological polar surface area (TPSA) is 40.5 Å². The first kappa shape index (κ1) is 14.2. The number of aliphatic carboxylic acids is 1. The van der Waals surface area contributed by atoms with Crippen molar-refractivity contribution in [3.05, 3.63) is 0 Å². The van der Waals surface area contributed by atoms with Gasteiger partial charge in [0.2, 0.25) is 0 Å². The Morgan fingerprint density at radius 1 is 1.47 bits per heavy atom. The molecule has 0 aliphatic heterocycles. The molecule has 0 radical (unpaired) electrons. The van der Waals surface area contributed by atoms with Crippen molar-refractivity contribution < 1.29 is 23.1 Å². The second-order valence-corrected chi connectivity index (χ2v) is 3.53. The Balaban J connectivity index is 4.29. The van der Waals surface area contributed by atoms with Crippen molar-refractivity contribution in [3.63, 3.8) is 0 Å².